The van der Waals surface area contributed by atoms with E-state index < -0.39 is 10.0 Å². The lowest BCUT2D eigenvalue weighted by Gasteiger charge is -2.32. The zero-order chi connectivity index (χ0) is 15.5. The van der Waals surface area contributed by atoms with Crippen LogP contribution in [0.5, 0.6) is 0 Å². The van der Waals surface area contributed by atoms with E-state index in [0.29, 0.717) is 18.2 Å². The van der Waals surface area contributed by atoms with E-state index in [9.17, 15) is 13.2 Å². The van der Waals surface area contributed by atoms with Gasteiger partial charge in [0.15, 0.2) is 0 Å². The highest BCUT2D eigenvalue weighted by Gasteiger charge is 2.26. The molecule has 6 heteroatoms. The van der Waals surface area contributed by atoms with E-state index in [1.54, 1.807) is 29.2 Å². The Bertz CT molecular complexity index is 586. The highest BCUT2D eigenvalue weighted by molar-refractivity contribution is 7.92. The lowest BCUT2D eigenvalue weighted by molar-refractivity contribution is -0.131. The van der Waals surface area contributed by atoms with Crippen LogP contribution in [0.15, 0.2) is 30.3 Å². The number of sulfonamides is 1. The molecule has 1 saturated heterocycles. The van der Waals surface area contributed by atoms with Crippen molar-refractivity contribution < 1.29 is 13.2 Å². The van der Waals surface area contributed by atoms with Crippen molar-refractivity contribution in [2.75, 3.05) is 30.2 Å². The van der Waals surface area contributed by atoms with Gasteiger partial charge in [0.2, 0.25) is 15.9 Å². The van der Waals surface area contributed by atoms with Gasteiger partial charge in [-0.3, -0.25) is 9.10 Å². The first-order chi connectivity index (χ1) is 9.88. The number of anilines is 1. The van der Waals surface area contributed by atoms with Gasteiger partial charge in [-0.25, -0.2) is 8.42 Å². The Hall–Kier alpha value is -1.56. The molecule has 1 aromatic rings. The van der Waals surface area contributed by atoms with E-state index in [2.05, 4.69) is 6.92 Å². The van der Waals surface area contributed by atoms with E-state index in [0.717, 1.165) is 25.6 Å². The summed E-state index contributed by atoms with van der Waals surface area (Å²) in [5.74, 6) is 0.349. The number of likely N-dealkylation sites (tertiary alicyclic amines) is 1. The van der Waals surface area contributed by atoms with Crippen molar-refractivity contribution in [3.8, 4) is 0 Å². The Labute approximate surface area is 126 Å². The highest BCUT2D eigenvalue weighted by atomic mass is 32.2. The van der Waals surface area contributed by atoms with Gasteiger partial charge in [-0.15, -0.1) is 0 Å². The summed E-state index contributed by atoms with van der Waals surface area (Å²) in [7, 11) is -3.48. The quantitative estimate of drug-likeness (QED) is 0.850. The molecular formula is C15H22N2O3S. The number of carbonyl (C=O) groups excluding carboxylic acids is 1. The summed E-state index contributed by atoms with van der Waals surface area (Å²) in [5.41, 5.74) is 0.526. The van der Waals surface area contributed by atoms with E-state index >= 15 is 0 Å². The molecular weight excluding hydrogens is 288 g/mol. The van der Waals surface area contributed by atoms with Crippen LogP contribution >= 0.6 is 0 Å². The van der Waals surface area contributed by atoms with Crippen molar-refractivity contribution >= 4 is 21.6 Å². The molecule has 1 amide bonds. The molecule has 21 heavy (non-hydrogen) atoms. The summed E-state index contributed by atoms with van der Waals surface area (Å²) in [6.45, 7) is 3.42. The number of hydrogen-bond acceptors (Lipinski definition) is 3. The standard InChI is InChI=1S/C15H22N2O3S/c1-13-7-6-10-16(11-13)15(18)12-17(21(2,19)20)14-8-4-3-5-9-14/h3-5,8-9,13H,6-7,10-12H2,1-2H3/t13-/m0/s1. The van der Waals surface area contributed by atoms with E-state index in [4.69, 9.17) is 0 Å². The minimum atomic E-state index is -3.48. The largest absolute Gasteiger partial charge is 0.341 e. The zero-order valence-corrected chi connectivity index (χ0v) is 13.3. The summed E-state index contributed by atoms with van der Waals surface area (Å²) < 4.78 is 25.1. The predicted octanol–water partition coefficient (Wildman–Crippen LogP) is 1.71. The Kier molecular flexibility index (Phi) is 4.88. The Morgan fingerprint density at radius 2 is 2.00 bits per heavy atom. The van der Waals surface area contributed by atoms with Crippen LogP contribution in [0.25, 0.3) is 0 Å². The van der Waals surface area contributed by atoms with Gasteiger partial charge in [-0.2, -0.15) is 0 Å². The number of para-hydroxylation sites is 1. The summed E-state index contributed by atoms with van der Waals surface area (Å²) in [5, 5.41) is 0. The number of hydrogen-bond donors (Lipinski definition) is 0. The second kappa shape index (κ2) is 6.47. The number of rotatable bonds is 4. The average Bonchev–Trinajstić information content (AvgIpc) is 2.44. The first-order valence-electron chi connectivity index (χ1n) is 7.18. The summed E-state index contributed by atoms with van der Waals surface area (Å²) in [4.78, 5) is 14.2. The fraction of sp³-hybridized carbons (Fsp3) is 0.533. The molecule has 1 aliphatic rings. The Morgan fingerprint density at radius 1 is 1.33 bits per heavy atom. The fourth-order valence-electron chi connectivity index (χ4n) is 2.63. The van der Waals surface area contributed by atoms with E-state index in [-0.39, 0.29) is 12.5 Å². The molecule has 5 nitrogen and oxygen atoms in total. The molecule has 0 N–H and O–H groups in total. The second-order valence-electron chi connectivity index (χ2n) is 5.69. The van der Waals surface area contributed by atoms with Crippen LogP contribution in [-0.4, -0.2) is 45.1 Å². The minimum Gasteiger partial charge on any atom is -0.341 e. The Morgan fingerprint density at radius 3 is 2.57 bits per heavy atom. The zero-order valence-electron chi connectivity index (χ0n) is 12.5. The van der Waals surface area contributed by atoms with Crippen molar-refractivity contribution in [3.05, 3.63) is 30.3 Å². The number of nitrogens with zero attached hydrogens (tertiary/aromatic N) is 2. The third-order valence-electron chi connectivity index (χ3n) is 3.73. The summed E-state index contributed by atoms with van der Waals surface area (Å²) >= 11 is 0. The molecule has 0 bridgehead atoms. The molecule has 1 heterocycles. The second-order valence-corrected chi connectivity index (χ2v) is 7.60. The third-order valence-corrected chi connectivity index (χ3v) is 4.87. The molecule has 0 aliphatic carbocycles. The van der Waals surface area contributed by atoms with Gasteiger partial charge >= 0.3 is 0 Å². The van der Waals surface area contributed by atoms with Crippen LogP contribution in [0.2, 0.25) is 0 Å². The molecule has 1 fully saturated rings. The lowest BCUT2D eigenvalue weighted by atomic mass is 10.0. The fourth-order valence-corrected chi connectivity index (χ4v) is 3.48. The molecule has 0 aromatic heterocycles. The molecule has 2 rings (SSSR count). The van der Waals surface area contributed by atoms with Crippen molar-refractivity contribution in [1.82, 2.24) is 4.90 Å². The lowest BCUT2D eigenvalue weighted by Crippen LogP contribution is -2.46. The maximum Gasteiger partial charge on any atom is 0.243 e. The molecule has 0 spiro atoms. The number of benzene rings is 1. The van der Waals surface area contributed by atoms with Crippen LogP contribution in [-0.2, 0) is 14.8 Å². The summed E-state index contributed by atoms with van der Waals surface area (Å²) in [6.07, 6.45) is 3.24. The van der Waals surface area contributed by atoms with Gasteiger partial charge < -0.3 is 4.90 Å². The van der Waals surface area contributed by atoms with Crippen LogP contribution in [0.1, 0.15) is 19.8 Å². The highest BCUT2D eigenvalue weighted by Crippen LogP contribution is 2.19. The van der Waals surface area contributed by atoms with E-state index in [1.165, 1.54) is 4.31 Å². The molecule has 116 valence electrons. The van der Waals surface area contributed by atoms with E-state index in [1.807, 2.05) is 6.07 Å². The van der Waals surface area contributed by atoms with Gasteiger partial charge in [0.1, 0.15) is 6.54 Å². The normalized spacial score (nSPS) is 19.3. The van der Waals surface area contributed by atoms with Gasteiger partial charge in [-0.1, -0.05) is 25.1 Å². The maximum atomic E-state index is 12.4. The summed E-state index contributed by atoms with van der Waals surface area (Å²) in [6, 6.07) is 8.75. The number of carbonyl (C=O) groups is 1. The van der Waals surface area contributed by atoms with Gasteiger partial charge in [0, 0.05) is 13.1 Å². The van der Waals surface area contributed by atoms with Gasteiger partial charge in [-0.05, 0) is 30.9 Å². The van der Waals surface area contributed by atoms with Crippen molar-refractivity contribution in [2.24, 2.45) is 5.92 Å². The van der Waals surface area contributed by atoms with Gasteiger partial charge in [0.25, 0.3) is 0 Å². The molecule has 1 aromatic carbocycles. The third kappa shape index (κ3) is 4.20. The Balaban J connectivity index is 2.14. The maximum absolute atomic E-state index is 12.4. The SMILES string of the molecule is C[C@H]1CCCN(C(=O)CN(c2ccccc2)S(C)(=O)=O)C1. The number of amides is 1. The van der Waals surface area contributed by atoms with Crippen LogP contribution < -0.4 is 4.31 Å². The topological polar surface area (TPSA) is 57.7 Å². The first kappa shape index (κ1) is 15.8. The molecule has 1 aliphatic heterocycles. The van der Waals surface area contributed by atoms with Crippen molar-refractivity contribution in [2.45, 2.75) is 19.8 Å². The van der Waals surface area contributed by atoms with Gasteiger partial charge in [0.05, 0.1) is 11.9 Å². The first-order valence-corrected chi connectivity index (χ1v) is 9.03. The van der Waals surface area contributed by atoms with Crippen LogP contribution in [0.4, 0.5) is 5.69 Å². The number of piperidine rings is 1. The molecule has 0 unspecified atom stereocenters. The molecule has 0 saturated carbocycles. The smallest absolute Gasteiger partial charge is 0.243 e. The van der Waals surface area contributed by atoms with Crippen molar-refractivity contribution in [1.29, 1.82) is 0 Å². The average molecular weight is 310 g/mol. The van der Waals surface area contributed by atoms with Crippen LogP contribution in [0, 0.1) is 5.92 Å². The minimum absolute atomic E-state index is 0.129. The molecule has 0 radical (unpaired) electrons. The van der Waals surface area contributed by atoms with Crippen molar-refractivity contribution in [3.63, 3.8) is 0 Å². The van der Waals surface area contributed by atoms with Crippen LogP contribution in [0.3, 0.4) is 0 Å². The monoisotopic (exact) mass is 310 g/mol. The molecule has 1 atom stereocenters. The predicted molar refractivity (Wildman–Crippen MR) is 83.6 cm³/mol.